The summed E-state index contributed by atoms with van der Waals surface area (Å²) in [6, 6.07) is 5.14. The highest BCUT2D eigenvalue weighted by molar-refractivity contribution is 5.42. The zero-order valence-corrected chi connectivity index (χ0v) is 6.87. The Labute approximate surface area is 71.8 Å². The van der Waals surface area contributed by atoms with Gasteiger partial charge in [0.1, 0.15) is 0 Å². The molecular formula is C10H10O2. The highest BCUT2D eigenvalue weighted by Crippen LogP contribution is 2.26. The van der Waals surface area contributed by atoms with Gasteiger partial charge in [-0.3, -0.25) is 0 Å². The van der Waals surface area contributed by atoms with E-state index in [1.165, 1.54) is 7.11 Å². The Kier molecular flexibility index (Phi) is 2.60. The van der Waals surface area contributed by atoms with Gasteiger partial charge in [-0.05, 0) is 17.7 Å². The van der Waals surface area contributed by atoms with Gasteiger partial charge in [-0.2, -0.15) is 0 Å². The molecule has 62 valence electrons. The minimum atomic E-state index is 0.130. The Morgan fingerprint density at radius 3 is 2.83 bits per heavy atom. The third-order valence-corrected chi connectivity index (χ3v) is 1.55. The summed E-state index contributed by atoms with van der Waals surface area (Å²) in [5, 5.41) is 9.32. The van der Waals surface area contributed by atoms with Gasteiger partial charge in [0.25, 0.3) is 0 Å². The minimum Gasteiger partial charge on any atom is -0.504 e. The number of benzene rings is 1. The molecule has 1 aromatic carbocycles. The summed E-state index contributed by atoms with van der Waals surface area (Å²) in [7, 11) is 1.51. The molecule has 0 saturated carbocycles. The van der Waals surface area contributed by atoms with Crippen molar-refractivity contribution in [3.05, 3.63) is 23.8 Å². The first kappa shape index (κ1) is 8.48. The molecule has 0 saturated heterocycles. The predicted octanol–water partition coefficient (Wildman–Crippen LogP) is 1.58. The van der Waals surface area contributed by atoms with Crippen molar-refractivity contribution in [3.63, 3.8) is 0 Å². The van der Waals surface area contributed by atoms with Crippen LogP contribution >= 0.6 is 0 Å². The number of hydrogen-bond acceptors (Lipinski definition) is 2. The fourth-order valence-electron chi connectivity index (χ4n) is 0.963. The topological polar surface area (TPSA) is 29.5 Å². The van der Waals surface area contributed by atoms with E-state index in [9.17, 15) is 5.11 Å². The molecule has 0 heterocycles. The number of phenolic OH excluding ortho intramolecular Hbond substituents is 1. The maximum Gasteiger partial charge on any atom is 0.160 e. The lowest BCUT2D eigenvalue weighted by Crippen LogP contribution is -1.86. The van der Waals surface area contributed by atoms with E-state index in [-0.39, 0.29) is 5.75 Å². The summed E-state index contributed by atoms with van der Waals surface area (Å²) < 4.78 is 4.88. The Morgan fingerprint density at radius 2 is 2.33 bits per heavy atom. The molecule has 1 N–H and O–H groups in total. The zero-order valence-electron chi connectivity index (χ0n) is 6.87. The Morgan fingerprint density at radius 1 is 1.58 bits per heavy atom. The lowest BCUT2D eigenvalue weighted by Gasteiger charge is -2.03. The van der Waals surface area contributed by atoms with Crippen molar-refractivity contribution in [3.8, 4) is 23.8 Å². The summed E-state index contributed by atoms with van der Waals surface area (Å²) in [6.45, 7) is 0. The van der Waals surface area contributed by atoms with Crippen LogP contribution in [0.2, 0.25) is 0 Å². The van der Waals surface area contributed by atoms with Crippen molar-refractivity contribution >= 4 is 0 Å². The minimum absolute atomic E-state index is 0.130. The first-order valence-corrected chi connectivity index (χ1v) is 3.57. The molecule has 1 rings (SSSR count). The average Bonchev–Trinajstić information content (AvgIpc) is 2.05. The highest BCUT2D eigenvalue weighted by Gasteiger charge is 2.00. The van der Waals surface area contributed by atoms with Crippen LogP contribution in [-0.4, -0.2) is 12.2 Å². The molecule has 0 aliphatic carbocycles. The fraction of sp³-hybridized carbons (Fsp3) is 0.200. The van der Waals surface area contributed by atoms with Crippen LogP contribution in [0.1, 0.15) is 5.56 Å². The van der Waals surface area contributed by atoms with Gasteiger partial charge in [0.15, 0.2) is 11.5 Å². The van der Waals surface area contributed by atoms with Crippen LogP contribution < -0.4 is 4.74 Å². The van der Waals surface area contributed by atoms with Crippen molar-refractivity contribution in [1.29, 1.82) is 0 Å². The lowest BCUT2D eigenvalue weighted by molar-refractivity contribution is 0.373. The first-order valence-electron chi connectivity index (χ1n) is 3.57. The summed E-state index contributed by atoms with van der Waals surface area (Å²) >= 11 is 0. The molecule has 1 aromatic rings. The molecule has 0 aromatic heterocycles. The standard InChI is InChI=1S/C10H10O2/c1-3-4-8-5-6-10(12-2)9(11)7-8/h1,5-7,11H,4H2,2H3. The molecule has 0 aliphatic heterocycles. The van der Waals surface area contributed by atoms with Gasteiger partial charge in [-0.25, -0.2) is 0 Å². The molecule has 0 radical (unpaired) electrons. The van der Waals surface area contributed by atoms with E-state index >= 15 is 0 Å². The van der Waals surface area contributed by atoms with Gasteiger partial charge in [0.2, 0.25) is 0 Å². The molecule has 0 aliphatic rings. The SMILES string of the molecule is C#CCc1ccc(OC)c(O)c1. The van der Waals surface area contributed by atoms with Gasteiger partial charge in [0.05, 0.1) is 7.11 Å². The van der Waals surface area contributed by atoms with Crippen molar-refractivity contribution in [2.75, 3.05) is 7.11 Å². The molecular weight excluding hydrogens is 152 g/mol. The van der Waals surface area contributed by atoms with Gasteiger partial charge in [-0.15, -0.1) is 12.3 Å². The molecule has 0 fully saturated rings. The second-order valence-electron chi connectivity index (χ2n) is 2.39. The molecule has 0 spiro atoms. The van der Waals surface area contributed by atoms with Crippen LogP contribution in [-0.2, 0) is 6.42 Å². The summed E-state index contributed by atoms with van der Waals surface area (Å²) in [5.74, 6) is 3.09. The first-order chi connectivity index (χ1) is 5.77. The molecule has 0 atom stereocenters. The Bertz CT molecular complexity index is 310. The number of methoxy groups -OCH3 is 1. The number of phenols is 1. The van der Waals surface area contributed by atoms with E-state index in [2.05, 4.69) is 5.92 Å². The third-order valence-electron chi connectivity index (χ3n) is 1.55. The van der Waals surface area contributed by atoms with E-state index in [4.69, 9.17) is 11.2 Å². The monoisotopic (exact) mass is 162 g/mol. The quantitative estimate of drug-likeness (QED) is 0.669. The van der Waals surface area contributed by atoms with Gasteiger partial charge in [-0.1, -0.05) is 6.07 Å². The van der Waals surface area contributed by atoms with E-state index in [0.717, 1.165) is 5.56 Å². The van der Waals surface area contributed by atoms with Crippen LogP contribution in [0, 0.1) is 12.3 Å². The maximum absolute atomic E-state index is 9.32. The molecule has 0 amide bonds. The van der Waals surface area contributed by atoms with Crippen LogP contribution in [0.4, 0.5) is 0 Å². The Hall–Kier alpha value is -1.62. The zero-order chi connectivity index (χ0) is 8.97. The molecule has 0 bridgehead atoms. The Balaban J connectivity index is 2.95. The largest absolute Gasteiger partial charge is 0.504 e. The average molecular weight is 162 g/mol. The second-order valence-corrected chi connectivity index (χ2v) is 2.39. The van der Waals surface area contributed by atoms with Crippen LogP contribution in [0.5, 0.6) is 11.5 Å². The van der Waals surface area contributed by atoms with E-state index in [1.807, 2.05) is 6.07 Å². The number of aromatic hydroxyl groups is 1. The predicted molar refractivity (Wildman–Crippen MR) is 47.2 cm³/mol. The molecule has 12 heavy (non-hydrogen) atoms. The van der Waals surface area contributed by atoms with Crippen molar-refractivity contribution in [1.82, 2.24) is 0 Å². The number of terminal acetylenes is 1. The maximum atomic E-state index is 9.32. The fourth-order valence-corrected chi connectivity index (χ4v) is 0.963. The van der Waals surface area contributed by atoms with Crippen LogP contribution in [0.25, 0.3) is 0 Å². The summed E-state index contributed by atoms with van der Waals surface area (Å²) in [6.07, 6.45) is 5.64. The number of hydrogen-bond donors (Lipinski definition) is 1. The van der Waals surface area contributed by atoms with Gasteiger partial charge in [0, 0.05) is 6.42 Å². The van der Waals surface area contributed by atoms with Crippen molar-refractivity contribution in [2.45, 2.75) is 6.42 Å². The molecule has 0 unspecified atom stereocenters. The summed E-state index contributed by atoms with van der Waals surface area (Å²) in [4.78, 5) is 0. The smallest absolute Gasteiger partial charge is 0.160 e. The molecule has 2 heteroatoms. The van der Waals surface area contributed by atoms with Crippen LogP contribution in [0.3, 0.4) is 0 Å². The van der Waals surface area contributed by atoms with Gasteiger partial charge < -0.3 is 9.84 Å². The molecule has 2 nitrogen and oxygen atoms in total. The second kappa shape index (κ2) is 3.68. The third kappa shape index (κ3) is 1.70. The van der Waals surface area contributed by atoms with Crippen molar-refractivity contribution < 1.29 is 9.84 Å². The number of rotatable bonds is 2. The lowest BCUT2D eigenvalue weighted by atomic mass is 10.1. The van der Waals surface area contributed by atoms with Crippen molar-refractivity contribution in [2.24, 2.45) is 0 Å². The van der Waals surface area contributed by atoms with Crippen LogP contribution in [0.15, 0.2) is 18.2 Å². The summed E-state index contributed by atoms with van der Waals surface area (Å²) in [5.41, 5.74) is 0.913. The number of ether oxygens (including phenoxy) is 1. The van der Waals surface area contributed by atoms with E-state index in [1.54, 1.807) is 12.1 Å². The normalized spacial score (nSPS) is 9.00. The van der Waals surface area contributed by atoms with E-state index in [0.29, 0.717) is 12.2 Å². The highest BCUT2D eigenvalue weighted by atomic mass is 16.5. The van der Waals surface area contributed by atoms with E-state index < -0.39 is 0 Å². The van der Waals surface area contributed by atoms with Gasteiger partial charge >= 0.3 is 0 Å².